The number of fused-ring (bicyclic) bond motifs is 1. The predicted molar refractivity (Wildman–Crippen MR) is 119 cm³/mol. The van der Waals surface area contributed by atoms with Crippen LogP contribution < -0.4 is 5.56 Å². The summed E-state index contributed by atoms with van der Waals surface area (Å²) in [6.07, 6.45) is 1.95. The number of benzene rings is 2. The number of rotatable bonds is 6. The van der Waals surface area contributed by atoms with Gasteiger partial charge in [-0.05, 0) is 53.6 Å². The summed E-state index contributed by atoms with van der Waals surface area (Å²) in [5.41, 5.74) is 1.35. The zero-order valence-corrected chi connectivity index (χ0v) is 18.1. The SMILES string of the molecule is O=c1c2ccc(Cl)cc2nc(SCc2nnnn2-c2ccccc2)n1C[C@@H]1CCCO1. The lowest BCUT2D eigenvalue weighted by molar-refractivity contribution is 0.0937. The van der Waals surface area contributed by atoms with Crippen molar-refractivity contribution in [2.45, 2.75) is 36.4 Å². The van der Waals surface area contributed by atoms with Gasteiger partial charge in [-0.2, -0.15) is 4.68 Å². The maximum atomic E-state index is 13.3. The van der Waals surface area contributed by atoms with Gasteiger partial charge in [-0.3, -0.25) is 9.36 Å². The molecule has 0 radical (unpaired) electrons. The average molecular weight is 455 g/mol. The van der Waals surface area contributed by atoms with E-state index in [4.69, 9.17) is 21.3 Å². The smallest absolute Gasteiger partial charge is 0.262 e. The van der Waals surface area contributed by atoms with Crippen molar-refractivity contribution in [3.05, 3.63) is 69.7 Å². The van der Waals surface area contributed by atoms with Crippen LogP contribution >= 0.6 is 23.4 Å². The molecule has 1 saturated heterocycles. The maximum Gasteiger partial charge on any atom is 0.262 e. The zero-order chi connectivity index (χ0) is 21.2. The molecule has 1 aliphatic rings. The molecule has 3 heterocycles. The standard InChI is InChI=1S/C21H19ClN6O2S/c22-14-8-9-17-18(11-14)23-21(27(20(17)29)12-16-7-4-10-30-16)31-13-19-24-25-26-28(19)15-5-2-1-3-6-15/h1-3,5-6,8-9,11,16H,4,7,10,12-13H2/t16-/m0/s1. The van der Waals surface area contributed by atoms with Crippen LogP contribution in [-0.2, 0) is 17.0 Å². The molecule has 0 bridgehead atoms. The molecule has 0 saturated carbocycles. The quantitative estimate of drug-likeness (QED) is 0.325. The Hall–Kier alpha value is -2.75. The van der Waals surface area contributed by atoms with E-state index in [1.54, 1.807) is 27.4 Å². The van der Waals surface area contributed by atoms with E-state index in [-0.39, 0.29) is 11.7 Å². The number of para-hydroxylation sites is 1. The molecular weight excluding hydrogens is 436 g/mol. The lowest BCUT2D eigenvalue weighted by atomic mass is 10.2. The lowest BCUT2D eigenvalue weighted by Crippen LogP contribution is -2.28. The average Bonchev–Trinajstić information content (AvgIpc) is 3.47. The minimum Gasteiger partial charge on any atom is -0.376 e. The van der Waals surface area contributed by atoms with Crippen molar-refractivity contribution in [1.29, 1.82) is 0 Å². The minimum absolute atomic E-state index is 0.0123. The first-order valence-corrected chi connectivity index (χ1v) is 11.3. The first kappa shape index (κ1) is 20.2. The molecule has 0 amide bonds. The second-order valence-corrected chi connectivity index (χ2v) is 8.62. The summed E-state index contributed by atoms with van der Waals surface area (Å²) >= 11 is 7.56. The van der Waals surface area contributed by atoms with Crippen LogP contribution in [0.3, 0.4) is 0 Å². The van der Waals surface area contributed by atoms with Gasteiger partial charge in [0, 0.05) is 11.6 Å². The Kier molecular flexibility index (Phi) is 5.71. The van der Waals surface area contributed by atoms with Crippen LogP contribution in [0.15, 0.2) is 58.5 Å². The Balaban J connectivity index is 1.50. The molecule has 0 N–H and O–H groups in total. The normalized spacial score (nSPS) is 16.2. The molecule has 31 heavy (non-hydrogen) atoms. The molecule has 8 nitrogen and oxygen atoms in total. The van der Waals surface area contributed by atoms with Crippen LogP contribution in [0.25, 0.3) is 16.6 Å². The van der Waals surface area contributed by atoms with Gasteiger partial charge in [0.2, 0.25) is 0 Å². The first-order valence-electron chi connectivity index (χ1n) is 9.96. The van der Waals surface area contributed by atoms with Crippen LogP contribution in [0, 0.1) is 0 Å². The molecule has 2 aromatic heterocycles. The van der Waals surface area contributed by atoms with E-state index in [1.807, 2.05) is 30.3 Å². The van der Waals surface area contributed by atoms with Crippen molar-refractivity contribution in [2.75, 3.05) is 6.61 Å². The Morgan fingerprint density at radius 2 is 2.06 bits per heavy atom. The predicted octanol–water partition coefficient (Wildman–Crippen LogP) is 3.50. The van der Waals surface area contributed by atoms with Crippen molar-refractivity contribution in [3.63, 3.8) is 0 Å². The molecule has 1 atom stereocenters. The number of aromatic nitrogens is 6. The van der Waals surface area contributed by atoms with Crippen molar-refractivity contribution in [1.82, 2.24) is 29.8 Å². The highest BCUT2D eigenvalue weighted by molar-refractivity contribution is 7.98. The van der Waals surface area contributed by atoms with Gasteiger partial charge >= 0.3 is 0 Å². The van der Waals surface area contributed by atoms with E-state index >= 15 is 0 Å². The second kappa shape index (κ2) is 8.78. The molecular formula is C21H19ClN6O2S. The Labute approximate surface area is 187 Å². The fourth-order valence-corrected chi connectivity index (χ4v) is 4.71. The molecule has 4 aromatic rings. The number of tetrazole rings is 1. The van der Waals surface area contributed by atoms with E-state index in [0.29, 0.717) is 39.2 Å². The Bertz CT molecular complexity index is 1270. The highest BCUT2D eigenvalue weighted by Crippen LogP contribution is 2.25. The molecule has 1 aliphatic heterocycles. The van der Waals surface area contributed by atoms with Crippen molar-refractivity contribution in [2.24, 2.45) is 0 Å². The van der Waals surface area contributed by atoms with Gasteiger partial charge in [0.1, 0.15) is 0 Å². The number of halogens is 1. The van der Waals surface area contributed by atoms with Gasteiger partial charge in [0.25, 0.3) is 5.56 Å². The third-order valence-electron chi connectivity index (χ3n) is 5.16. The first-order chi connectivity index (χ1) is 15.2. The van der Waals surface area contributed by atoms with Gasteiger partial charge < -0.3 is 4.74 Å². The van der Waals surface area contributed by atoms with Crippen LogP contribution in [-0.4, -0.2) is 42.5 Å². The number of hydrogen-bond donors (Lipinski definition) is 0. The molecule has 158 valence electrons. The van der Waals surface area contributed by atoms with Crippen LogP contribution in [0.5, 0.6) is 0 Å². The molecule has 5 rings (SSSR count). The molecule has 0 unspecified atom stereocenters. The molecule has 0 spiro atoms. The van der Waals surface area contributed by atoms with E-state index in [1.165, 1.54) is 11.8 Å². The maximum absolute atomic E-state index is 13.3. The van der Waals surface area contributed by atoms with Crippen LogP contribution in [0.1, 0.15) is 18.7 Å². The third-order valence-corrected chi connectivity index (χ3v) is 6.37. The van der Waals surface area contributed by atoms with Gasteiger partial charge in [0.15, 0.2) is 11.0 Å². The Morgan fingerprint density at radius 3 is 2.87 bits per heavy atom. The summed E-state index contributed by atoms with van der Waals surface area (Å²) in [7, 11) is 0. The van der Waals surface area contributed by atoms with Crippen molar-refractivity contribution < 1.29 is 4.74 Å². The zero-order valence-electron chi connectivity index (χ0n) is 16.5. The van der Waals surface area contributed by atoms with E-state index in [2.05, 4.69) is 15.5 Å². The number of thioether (sulfide) groups is 1. The van der Waals surface area contributed by atoms with Gasteiger partial charge in [-0.25, -0.2) is 4.98 Å². The minimum atomic E-state index is -0.0951. The Morgan fingerprint density at radius 1 is 1.19 bits per heavy atom. The topological polar surface area (TPSA) is 87.7 Å². The van der Waals surface area contributed by atoms with E-state index in [0.717, 1.165) is 25.1 Å². The van der Waals surface area contributed by atoms with Gasteiger partial charge in [0.05, 0.1) is 35.0 Å². The summed E-state index contributed by atoms with van der Waals surface area (Å²) in [6, 6.07) is 14.8. The lowest BCUT2D eigenvalue weighted by Gasteiger charge is -2.16. The summed E-state index contributed by atoms with van der Waals surface area (Å²) in [5, 5.41) is 13.8. The molecule has 2 aromatic carbocycles. The summed E-state index contributed by atoms with van der Waals surface area (Å²) in [6.45, 7) is 1.20. The van der Waals surface area contributed by atoms with Gasteiger partial charge in [-0.1, -0.05) is 41.6 Å². The van der Waals surface area contributed by atoms with Crippen LogP contribution in [0.4, 0.5) is 0 Å². The van der Waals surface area contributed by atoms with Crippen molar-refractivity contribution >= 4 is 34.3 Å². The summed E-state index contributed by atoms with van der Waals surface area (Å²) in [4.78, 5) is 18.0. The molecule has 10 heteroatoms. The molecule has 1 fully saturated rings. The number of hydrogen-bond acceptors (Lipinski definition) is 7. The van der Waals surface area contributed by atoms with Crippen molar-refractivity contribution in [3.8, 4) is 5.69 Å². The third kappa shape index (κ3) is 4.21. The fraction of sp³-hybridized carbons (Fsp3) is 0.286. The largest absolute Gasteiger partial charge is 0.376 e. The van der Waals surface area contributed by atoms with Crippen LogP contribution in [0.2, 0.25) is 5.02 Å². The summed E-state index contributed by atoms with van der Waals surface area (Å²) in [5.74, 6) is 1.12. The highest BCUT2D eigenvalue weighted by atomic mass is 35.5. The summed E-state index contributed by atoms with van der Waals surface area (Å²) < 4.78 is 9.16. The van der Waals surface area contributed by atoms with Gasteiger partial charge in [-0.15, -0.1) is 5.10 Å². The number of nitrogens with zero attached hydrogens (tertiary/aromatic N) is 6. The monoisotopic (exact) mass is 454 g/mol. The second-order valence-electron chi connectivity index (χ2n) is 7.24. The molecule has 0 aliphatic carbocycles. The highest BCUT2D eigenvalue weighted by Gasteiger charge is 2.21. The fourth-order valence-electron chi connectivity index (χ4n) is 3.63. The number of ether oxygens (including phenoxy) is 1. The van der Waals surface area contributed by atoms with E-state index in [9.17, 15) is 4.79 Å². The van der Waals surface area contributed by atoms with E-state index < -0.39 is 0 Å².